The molecule has 0 radical (unpaired) electrons. The van der Waals surface area contributed by atoms with Crippen LogP contribution in [-0.4, -0.2) is 43.9 Å². The van der Waals surface area contributed by atoms with E-state index >= 15 is 0 Å². The lowest BCUT2D eigenvalue weighted by Gasteiger charge is -2.27. The Kier molecular flexibility index (Phi) is 6.60. The molecule has 2 aromatic rings. The van der Waals surface area contributed by atoms with E-state index in [1.165, 1.54) is 11.9 Å². The minimum Gasteiger partial charge on any atom is -0.493 e. The van der Waals surface area contributed by atoms with Gasteiger partial charge in [0.15, 0.2) is 11.5 Å². The second kappa shape index (κ2) is 9.12. The van der Waals surface area contributed by atoms with Crippen LogP contribution in [0.2, 0.25) is 0 Å². The number of ether oxygens (including phenoxy) is 2. The summed E-state index contributed by atoms with van der Waals surface area (Å²) in [5, 5.41) is 12.6. The zero-order valence-electron chi connectivity index (χ0n) is 15.4. The van der Waals surface area contributed by atoms with Crippen LogP contribution in [0.5, 0.6) is 11.5 Å². The van der Waals surface area contributed by atoms with E-state index in [2.05, 4.69) is 10.0 Å². The molecule has 3 rings (SSSR count). The highest BCUT2D eigenvalue weighted by atomic mass is 32.2. The molecule has 1 unspecified atom stereocenters. The molecule has 0 spiro atoms. The van der Waals surface area contributed by atoms with Gasteiger partial charge in [-0.05, 0) is 48.0 Å². The van der Waals surface area contributed by atoms with E-state index in [1.54, 1.807) is 14.2 Å². The van der Waals surface area contributed by atoms with Gasteiger partial charge in [-0.15, -0.1) is 0 Å². The molecule has 3 N–H and O–H groups in total. The van der Waals surface area contributed by atoms with Crippen molar-refractivity contribution in [3.8, 4) is 11.5 Å². The highest BCUT2D eigenvalue weighted by Crippen LogP contribution is 2.37. The summed E-state index contributed by atoms with van der Waals surface area (Å²) in [7, 11) is 3.20. The topological polar surface area (TPSA) is 79.8 Å². The number of hydrogen-bond donors (Lipinski definition) is 3. The number of aliphatic hydroxyl groups is 1. The van der Waals surface area contributed by atoms with Gasteiger partial charge < -0.3 is 19.9 Å². The Hall–Kier alpha value is -2.22. The van der Waals surface area contributed by atoms with Gasteiger partial charge in [-0.3, -0.25) is 4.79 Å². The molecule has 7 heteroatoms. The van der Waals surface area contributed by atoms with E-state index in [0.717, 1.165) is 16.0 Å². The molecule has 0 saturated heterocycles. The first-order valence-electron chi connectivity index (χ1n) is 8.77. The SMILES string of the molecule is COc1cc2c(cc1OC)SNC(C(=O)N[C@H](CO)Cc1ccccc1)C2. The van der Waals surface area contributed by atoms with E-state index in [1.807, 2.05) is 42.5 Å². The van der Waals surface area contributed by atoms with E-state index in [-0.39, 0.29) is 24.6 Å². The van der Waals surface area contributed by atoms with Crippen LogP contribution in [0.15, 0.2) is 47.4 Å². The molecule has 1 heterocycles. The molecule has 6 nitrogen and oxygen atoms in total. The summed E-state index contributed by atoms with van der Waals surface area (Å²) in [6.07, 6.45) is 1.13. The van der Waals surface area contributed by atoms with Gasteiger partial charge in [-0.25, -0.2) is 4.72 Å². The second-order valence-corrected chi connectivity index (χ2v) is 7.25. The molecule has 1 amide bonds. The summed E-state index contributed by atoms with van der Waals surface area (Å²) in [6.45, 7) is -0.109. The van der Waals surface area contributed by atoms with Crippen molar-refractivity contribution in [2.75, 3.05) is 20.8 Å². The first-order chi connectivity index (χ1) is 13.1. The fourth-order valence-corrected chi connectivity index (χ4v) is 3.96. The first-order valence-corrected chi connectivity index (χ1v) is 9.58. The van der Waals surface area contributed by atoms with Crippen LogP contribution < -0.4 is 19.5 Å². The molecule has 0 aromatic heterocycles. The number of methoxy groups -OCH3 is 2. The van der Waals surface area contributed by atoms with Crippen molar-refractivity contribution in [1.82, 2.24) is 10.0 Å². The largest absolute Gasteiger partial charge is 0.493 e. The van der Waals surface area contributed by atoms with E-state index in [0.29, 0.717) is 24.3 Å². The average molecular weight is 388 g/mol. The Bertz CT molecular complexity index is 785. The number of aliphatic hydroxyl groups excluding tert-OH is 1. The third-order valence-corrected chi connectivity index (χ3v) is 5.51. The monoisotopic (exact) mass is 388 g/mol. The van der Waals surface area contributed by atoms with Crippen molar-refractivity contribution < 1.29 is 19.4 Å². The van der Waals surface area contributed by atoms with Gasteiger partial charge >= 0.3 is 0 Å². The van der Waals surface area contributed by atoms with Crippen molar-refractivity contribution in [2.45, 2.75) is 29.8 Å². The zero-order chi connectivity index (χ0) is 19.2. The summed E-state index contributed by atoms with van der Waals surface area (Å²) >= 11 is 1.40. The van der Waals surface area contributed by atoms with E-state index in [9.17, 15) is 9.90 Å². The van der Waals surface area contributed by atoms with E-state index in [4.69, 9.17) is 9.47 Å². The summed E-state index contributed by atoms with van der Waals surface area (Å²) in [6, 6.07) is 12.9. The number of amides is 1. The van der Waals surface area contributed by atoms with Crippen molar-refractivity contribution in [3.05, 3.63) is 53.6 Å². The summed E-state index contributed by atoms with van der Waals surface area (Å²) < 4.78 is 13.9. The van der Waals surface area contributed by atoms with Crippen LogP contribution in [0, 0.1) is 0 Å². The van der Waals surface area contributed by atoms with Gasteiger partial charge in [0.25, 0.3) is 0 Å². The van der Waals surface area contributed by atoms with Gasteiger partial charge in [-0.2, -0.15) is 0 Å². The Balaban J connectivity index is 1.66. The number of nitrogens with one attached hydrogen (secondary N) is 2. The average Bonchev–Trinajstić information content (AvgIpc) is 2.72. The Labute approximate surface area is 163 Å². The lowest BCUT2D eigenvalue weighted by molar-refractivity contribution is -0.123. The summed E-state index contributed by atoms with van der Waals surface area (Å²) in [5.74, 6) is 1.18. The predicted molar refractivity (Wildman–Crippen MR) is 105 cm³/mol. The van der Waals surface area contributed by atoms with Gasteiger partial charge in [0, 0.05) is 4.90 Å². The molecular formula is C20H24N2O4S. The molecule has 0 bridgehead atoms. The number of fused-ring (bicyclic) bond motifs is 1. The Morgan fingerprint density at radius 3 is 2.63 bits per heavy atom. The molecule has 1 aliphatic heterocycles. The van der Waals surface area contributed by atoms with Crippen molar-refractivity contribution in [2.24, 2.45) is 0 Å². The molecule has 0 saturated carbocycles. The van der Waals surface area contributed by atoms with Crippen LogP contribution >= 0.6 is 11.9 Å². The van der Waals surface area contributed by atoms with Crippen LogP contribution in [0.1, 0.15) is 11.1 Å². The minimum atomic E-state index is -0.384. The molecule has 0 fully saturated rings. The lowest BCUT2D eigenvalue weighted by Crippen LogP contribution is -2.49. The Morgan fingerprint density at radius 1 is 1.26 bits per heavy atom. The molecule has 144 valence electrons. The number of carbonyl (C=O) groups excluding carboxylic acids is 1. The van der Waals surface area contributed by atoms with Crippen LogP contribution in [0.4, 0.5) is 0 Å². The molecular weight excluding hydrogens is 364 g/mol. The molecule has 27 heavy (non-hydrogen) atoms. The molecule has 0 aliphatic carbocycles. The van der Waals surface area contributed by atoms with Crippen LogP contribution in [0.3, 0.4) is 0 Å². The van der Waals surface area contributed by atoms with Crippen molar-refractivity contribution in [1.29, 1.82) is 0 Å². The minimum absolute atomic E-state index is 0.109. The lowest BCUT2D eigenvalue weighted by atomic mass is 10.0. The van der Waals surface area contributed by atoms with Gasteiger partial charge in [-0.1, -0.05) is 30.3 Å². The normalized spacial score (nSPS) is 16.9. The highest BCUT2D eigenvalue weighted by molar-refractivity contribution is 7.97. The van der Waals surface area contributed by atoms with Gasteiger partial charge in [0.1, 0.15) is 6.04 Å². The quantitative estimate of drug-likeness (QED) is 0.629. The van der Waals surface area contributed by atoms with Crippen LogP contribution in [-0.2, 0) is 17.6 Å². The number of carbonyl (C=O) groups is 1. The summed E-state index contributed by atoms with van der Waals surface area (Å²) in [4.78, 5) is 13.7. The molecule has 1 aliphatic rings. The van der Waals surface area contributed by atoms with Crippen LogP contribution in [0.25, 0.3) is 0 Å². The maximum absolute atomic E-state index is 12.7. The highest BCUT2D eigenvalue weighted by Gasteiger charge is 2.27. The standard InChI is InChI=1S/C20H24N2O4S/c1-25-17-10-14-9-16(22-27-19(14)11-18(17)26-2)20(24)21-15(12-23)8-13-6-4-3-5-7-13/h3-7,10-11,15-16,22-23H,8-9,12H2,1-2H3,(H,21,24)/t15-,16?/m0/s1. The Morgan fingerprint density at radius 2 is 1.96 bits per heavy atom. The molecule has 2 atom stereocenters. The first kappa shape index (κ1) is 19.5. The second-order valence-electron chi connectivity index (χ2n) is 6.37. The number of hydrogen-bond acceptors (Lipinski definition) is 6. The summed E-state index contributed by atoms with van der Waals surface area (Å²) in [5.41, 5.74) is 2.10. The third kappa shape index (κ3) is 4.74. The third-order valence-electron chi connectivity index (χ3n) is 4.51. The van der Waals surface area contributed by atoms with Crippen molar-refractivity contribution in [3.63, 3.8) is 0 Å². The van der Waals surface area contributed by atoms with E-state index < -0.39 is 0 Å². The maximum Gasteiger partial charge on any atom is 0.238 e. The van der Waals surface area contributed by atoms with Crippen molar-refractivity contribution >= 4 is 17.9 Å². The fraction of sp³-hybridized carbons (Fsp3) is 0.350. The fourth-order valence-electron chi connectivity index (χ4n) is 3.06. The smallest absolute Gasteiger partial charge is 0.238 e. The number of benzene rings is 2. The van der Waals surface area contributed by atoms with Gasteiger partial charge in [0.05, 0.1) is 26.9 Å². The molecule has 2 aromatic carbocycles. The predicted octanol–water partition coefficient (Wildman–Crippen LogP) is 1.94. The number of rotatable bonds is 7. The zero-order valence-corrected chi connectivity index (χ0v) is 16.2. The maximum atomic E-state index is 12.7. The van der Waals surface area contributed by atoms with Gasteiger partial charge in [0.2, 0.25) is 5.91 Å².